The summed E-state index contributed by atoms with van der Waals surface area (Å²) in [6.07, 6.45) is 0. The largest absolute Gasteiger partial charge is 0.506 e. The van der Waals surface area contributed by atoms with Crippen molar-refractivity contribution in [3.8, 4) is 5.75 Å². The van der Waals surface area contributed by atoms with Crippen LogP contribution in [0.2, 0.25) is 0 Å². The van der Waals surface area contributed by atoms with E-state index in [4.69, 9.17) is 10.8 Å². The van der Waals surface area contributed by atoms with Crippen LogP contribution in [0.5, 0.6) is 5.75 Å². The first-order valence-electron chi connectivity index (χ1n) is 3.90. The van der Waals surface area contributed by atoms with Crippen LogP contribution in [0, 0.1) is 0 Å². The van der Waals surface area contributed by atoms with E-state index >= 15 is 0 Å². The second-order valence-electron chi connectivity index (χ2n) is 3.25. The highest BCUT2D eigenvalue weighted by atomic mass is 32.1. The van der Waals surface area contributed by atoms with Gasteiger partial charge in [0, 0.05) is 10.5 Å². The van der Waals surface area contributed by atoms with Crippen LogP contribution < -0.4 is 5.73 Å². The summed E-state index contributed by atoms with van der Waals surface area (Å²) in [4.78, 5) is 0.461. The van der Waals surface area contributed by atoms with Crippen molar-refractivity contribution in [2.24, 2.45) is 5.73 Å². The quantitative estimate of drug-likeness (QED) is 0.534. The van der Waals surface area contributed by atoms with E-state index in [1.54, 1.807) is 25.1 Å². The van der Waals surface area contributed by atoms with Gasteiger partial charge in [0.25, 0.3) is 0 Å². The number of phenols is 1. The molecule has 72 valence electrons. The SMILES string of the molecule is CC(N)(CO)c1cccc(S)c1O. The number of hydrogen-bond acceptors (Lipinski definition) is 4. The fourth-order valence-electron chi connectivity index (χ4n) is 1.08. The van der Waals surface area contributed by atoms with Gasteiger partial charge in [-0.15, -0.1) is 12.6 Å². The van der Waals surface area contributed by atoms with Crippen molar-refractivity contribution in [3.63, 3.8) is 0 Å². The van der Waals surface area contributed by atoms with Gasteiger partial charge < -0.3 is 15.9 Å². The molecule has 1 aromatic rings. The molecule has 1 rings (SSSR count). The van der Waals surface area contributed by atoms with Crippen LogP contribution in [0.15, 0.2) is 23.1 Å². The van der Waals surface area contributed by atoms with Gasteiger partial charge in [-0.25, -0.2) is 0 Å². The average Bonchev–Trinajstić information content (AvgIpc) is 2.09. The molecule has 0 heterocycles. The lowest BCUT2D eigenvalue weighted by molar-refractivity contribution is 0.206. The van der Waals surface area contributed by atoms with Crippen LogP contribution in [-0.2, 0) is 5.54 Å². The normalized spacial score (nSPS) is 15.4. The molecule has 0 amide bonds. The second kappa shape index (κ2) is 3.57. The number of hydrogen-bond donors (Lipinski definition) is 4. The van der Waals surface area contributed by atoms with Crippen LogP contribution >= 0.6 is 12.6 Å². The summed E-state index contributed by atoms with van der Waals surface area (Å²) in [6, 6.07) is 5.07. The fraction of sp³-hybridized carbons (Fsp3) is 0.333. The predicted molar refractivity (Wildman–Crippen MR) is 54.0 cm³/mol. The van der Waals surface area contributed by atoms with E-state index in [1.807, 2.05) is 0 Å². The molecule has 1 atom stereocenters. The molecule has 1 unspecified atom stereocenters. The Kier molecular flexibility index (Phi) is 2.85. The molecule has 0 aromatic heterocycles. The van der Waals surface area contributed by atoms with E-state index in [-0.39, 0.29) is 12.4 Å². The first kappa shape index (κ1) is 10.4. The zero-order valence-electron chi connectivity index (χ0n) is 7.36. The summed E-state index contributed by atoms with van der Waals surface area (Å²) >= 11 is 4.05. The van der Waals surface area contributed by atoms with Crippen molar-refractivity contribution in [2.75, 3.05) is 6.61 Å². The predicted octanol–water partition coefficient (Wildman–Crippen LogP) is 0.847. The van der Waals surface area contributed by atoms with Gasteiger partial charge in [-0.05, 0) is 13.0 Å². The Hall–Kier alpha value is -0.710. The van der Waals surface area contributed by atoms with Gasteiger partial charge in [0.05, 0.1) is 12.1 Å². The summed E-state index contributed by atoms with van der Waals surface area (Å²) in [5, 5.41) is 18.6. The number of aliphatic hydroxyl groups excluding tert-OH is 1. The topological polar surface area (TPSA) is 66.5 Å². The van der Waals surface area contributed by atoms with Crippen molar-refractivity contribution in [3.05, 3.63) is 23.8 Å². The zero-order valence-corrected chi connectivity index (χ0v) is 8.25. The third kappa shape index (κ3) is 1.96. The zero-order chi connectivity index (χ0) is 10.1. The maximum absolute atomic E-state index is 9.60. The number of phenolic OH excluding ortho intramolecular Hbond substituents is 1. The molecule has 0 bridgehead atoms. The summed E-state index contributed by atoms with van der Waals surface area (Å²) in [5.41, 5.74) is 5.34. The molecule has 0 saturated heterocycles. The Bertz CT molecular complexity index is 312. The Morgan fingerprint density at radius 1 is 1.54 bits per heavy atom. The minimum Gasteiger partial charge on any atom is -0.506 e. The molecule has 4 heteroatoms. The number of thiol groups is 1. The van der Waals surface area contributed by atoms with Crippen LogP contribution in [0.4, 0.5) is 0 Å². The Morgan fingerprint density at radius 2 is 2.15 bits per heavy atom. The molecule has 0 fully saturated rings. The Labute approximate surface area is 82.6 Å². The molecule has 4 N–H and O–H groups in total. The standard InChI is InChI=1S/C9H13NO2S/c1-9(10,5-11)6-3-2-4-7(13)8(6)12/h2-4,11-13H,5,10H2,1H3. The Balaban J connectivity index is 3.22. The van der Waals surface area contributed by atoms with Crippen molar-refractivity contribution in [1.82, 2.24) is 0 Å². The number of nitrogens with two attached hydrogens (primary N) is 1. The van der Waals surface area contributed by atoms with E-state index < -0.39 is 5.54 Å². The lowest BCUT2D eigenvalue weighted by Gasteiger charge is -2.23. The van der Waals surface area contributed by atoms with Gasteiger partial charge in [0.1, 0.15) is 5.75 Å². The molecule has 0 aliphatic rings. The van der Waals surface area contributed by atoms with Crippen LogP contribution in [0.1, 0.15) is 12.5 Å². The number of benzene rings is 1. The summed E-state index contributed by atoms with van der Waals surface area (Å²) < 4.78 is 0. The highest BCUT2D eigenvalue weighted by Gasteiger charge is 2.23. The smallest absolute Gasteiger partial charge is 0.134 e. The van der Waals surface area contributed by atoms with Crippen LogP contribution in [-0.4, -0.2) is 16.8 Å². The summed E-state index contributed by atoms with van der Waals surface area (Å²) in [7, 11) is 0. The monoisotopic (exact) mass is 199 g/mol. The summed E-state index contributed by atoms with van der Waals surface area (Å²) in [6.45, 7) is 1.42. The molecule has 0 aliphatic heterocycles. The molecule has 0 saturated carbocycles. The van der Waals surface area contributed by atoms with Crippen molar-refractivity contribution < 1.29 is 10.2 Å². The first-order chi connectivity index (χ1) is 5.99. The average molecular weight is 199 g/mol. The molecular weight excluding hydrogens is 186 g/mol. The van der Waals surface area contributed by atoms with Gasteiger partial charge in [0.15, 0.2) is 0 Å². The van der Waals surface area contributed by atoms with Crippen LogP contribution in [0.3, 0.4) is 0 Å². The fourth-order valence-corrected chi connectivity index (χ4v) is 1.28. The summed E-state index contributed by atoms with van der Waals surface area (Å²) in [5.74, 6) is 0.0323. The third-order valence-electron chi connectivity index (χ3n) is 1.96. The van der Waals surface area contributed by atoms with Crippen LogP contribution in [0.25, 0.3) is 0 Å². The molecule has 13 heavy (non-hydrogen) atoms. The van der Waals surface area contributed by atoms with Gasteiger partial charge in [-0.2, -0.15) is 0 Å². The minimum atomic E-state index is -0.928. The Morgan fingerprint density at radius 3 is 2.69 bits per heavy atom. The first-order valence-corrected chi connectivity index (χ1v) is 4.35. The number of aliphatic hydroxyl groups is 1. The van der Waals surface area contributed by atoms with Gasteiger partial charge in [-0.1, -0.05) is 12.1 Å². The number of aromatic hydroxyl groups is 1. The van der Waals surface area contributed by atoms with Gasteiger partial charge in [0.2, 0.25) is 0 Å². The molecular formula is C9H13NO2S. The van der Waals surface area contributed by atoms with E-state index in [1.165, 1.54) is 0 Å². The van der Waals surface area contributed by atoms with Gasteiger partial charge >= 0.3 is 0 Å². The molecule has 1 aromatic carbocycles. The van der Waals surface area contributed by atoms with Gasteiger partial charge in [-0.3, -0.25) is 0 Å². The lowest BCUT2D eigenvalue weighted by atomic mass is 9.93. The minimum absolute atomic E-state index is 0.0323. The highest BCUT2D eigenvalue weighted by molar-refractivity contribution is 7.80. The van der Waals surface area contributed by atoms with E-state index in [9.17, 15) is 5.11 Å². The molecule has 3 nitrogen and oxygen atoms in total. The third-order valence-corrected chi connectivity index (χ3v) is 2.32. The van der Waals surface area contributed by atoms with Crippen molar-refractivity contribution in [1.29, 1.82) is 0 Å². The molecule has 0 radical (unpaired) electrons. The number of para-hydroxylation sites is 1. The second-order valence-corrected chi connectivity index (χ2v) is 3.73. The van der Waals surface area contributed by atoms with Crippen molar-refractivity contribution in [2.45, 2.75) is 17.4 Å². The maximum atomic E-state index is 9.60. The highest BCUT2D eigenvalue weighted by Crippen LogP contribution is 2.31. The number of rotatable bonds is 2. The van der Waals surface area contributed by atoms with E-state index in [0.29, 0.717) is 10.5 Å². The lowest BCUT2D eigenvalue weighted by Crippen LogP contribution is -2.37. The maximum Gasteiger partial charge on any atom is 0.134 e. The van der Waals surface area contributed by atoms with E-state index in [0.717, 1.165) is 0 Å². The molecule has 0 spiro atoms. The molecule has 0 aliphatic carbocycles. The van der Waals surface area contributed by atoms with Crippen molar-refractivity contribution >= 4 is 12.6 Å². The van der Waals surface area contributed by atoms with E-state index in [2.05, 4.69) is 12.6 Å².